The van der Waals surface area contributed by atoms with Crippen LogP contribution in [0.25, 0.3) is 0 Å². The van der Waals surface area contributed by atoms with Crippen LogP contribution in [0, 0.1) is 0 Å². The van der Waals surface area contributed by atoms with Crippen molar-refractivity contribution in [3.63, 3.8) is 0 Å². The molecule has 2 fully saturated rings. The molecule has 0 radical (unpaired) electrons. The fraction of sp³-hybridized carbons (Fsp3) is 1.00. The zero-order valence-corrected chi connectivity index (χ0v) is 11.3. The molecule has 2 saturated heterocycles. The predicted molar refractivity (Wildman–Crippen MR) is 70.1 cm³/mol. The minimum Gasteiger partial charge on any atom is -0.395 e. The molecule has 4 heteroatoms. The van der Waals surface area contributed by atoms with Crippen LogP contribution in [0.3, 0.4) is 0 Å². The van der Waals surface area contributed by atoms with Crippen molar-refractivity contribution in [3.05, 3.63) is 0 Å². The molecular formula is C13H28N2O2. The van der Waals surface area contributed by atoms with Crippen molar-refractivity contribution in [1.29, 1.82) is 0 Å². The highest BCUT2D eigenvalue weighted by molar-refractivity contribution is 4.74. The van der Waals surface area contributed by atoms with E-state index in [-0.39, 0.29) is 0 Å². The third-order valence-corrected chi connectivity index (χ3v) is 4.01. The van der Waals surface area contributed by atoms with E-state index in [9.17, 15) is 0 Å². The van der Waals surface area contributed by atoms with E-state index < -0.39 is 0 Å². The van der Waals surface area contributed by atoms with E-state index in [1.165, 1.54) is 32.1 Å². The van der Waals surface area contributed by atoms with Crippen molar-refractivity contribution in [3.8, 4) is 0 Å². The standard InChI is InChI=1S/C7H15NO.C6H13NO/c1-8-5-3-2-4-7(8)6-9;1-7-4-2-3-6(7)5-8/h7,9H,2-6H2,1H3;6,8H,2-5H2,1H3. The molecule has 0 saturated carbocycles. The van der Waals surface area contributed by atoms with Gasteiger partial charge in [-0.05, 0) is 52.9 Å². The number of rotatable bonds is 2. The number of likely N-dealkylation sites (N-methyl/N-ethyl adjacent to an activating group) is 2. The van der Waals surface area contributed by atoms with Gasteiger partial charge in [-0.3, -0.25) is 0 Å². The lowest BCUT2D eigenvalue weighted by atomic mass is 10.0. The molecule has 2 atom stereocenters. The van der Waals surface area contributed by atoms with Crippen molar-refractivity contribution in [2.75, 3.05) is 40.4 Å². The second-order valence-corrected chi connectivity index (χ2v) is 5.27. The SMILES string of the molecule is CN1CCCC1CO.CN1CCCCC1CO. The Balaban J connectivity index is 0.000000171. The average Bonchev–Trinajstić information content (AvgIpc) is 2.76. The Labute approximate surface area is 105 Å². The van der Waals surface area contributed by atoms with E-state index in [0.717, 1.165) is 13.1 Å². The van der Waals surface area contributed by atoms with Crippen LogP contribution in [0.4, 0.5) is 0 Å². The Morgan fingerprint density at radius 1 is 0.824 bits per heavy atom. The summed E-state index contributed by atoms with van der Waals surface area (Å²) in [5.74, 6) is 0. The molecule has 2 unspecified atom stereocenters. The molecule has 0 spiro atoms. The molecule has 0 bridgehead atoms. The van der Waals surface area contributed by atoms with Gasteiger partial charge in [0.15, 0.2) is 0 Å². The Hall–Kier alpha value is -0.160. The topological polar surface area (TPSA) is 46.9 Å². The van der Waals surface area contributed by atoms with Crippen LogP contribution in [0.2, 0.25) is 0 Å². The summed E-state index contributed by atoms with van der Waals surface area (Å²) < 4.78 is 0. The van der Waals surface area contributed by atoms with Gasteiger partial charge in [-0.25, -0.2) is 0 Å². The first-order chi connectivity index (χ1) is 8.19. The van der Waals surface area contributed by atoms with E-state index in [4.69, 9.17) is 10.2 Å². The second kappa shape index (κ2) is 8.03. The summed E-state index contributed by atoms with van der Waals surface area (Å²) in [4.78, 5) is 4.45. The molecule has 102 valence electrons. The van der Waals surface area contributed by atoms with E-state index >= 15 is 0 Å². The summed E-state index contributed by atoms with van der Waals surface area (Å²) in [6.07, 6.45) is 6.18. The minimum absolute atomic E-state index is 0.330. The highest BCUT2D eigenvalue weighted by atomic mass is 16.3. The number of aliphatic hydroxyl groups is 2. The molecule has 2 heterocycles. The highest BCUT2D eigenvalue weighted by Crippen LogP contribution is 2.13. The van der Waals surface area contributed by atoms with Crippen LogP contribution >= 0.6 is 0 Å². The maximum absolute atomic E-state index is 8.82. The van der Waals surface area contributed by atoms with Gasteiger partial charge in [-0.15, -0.1) is 0 Å². The van der Waals surface area contributed by atoms with Crippen LogP contribution in [-0.4, -0.2) is 72.5 Å². The molecule has 17 heavy (non-hydrogen) atoms. The summed E-state index contributed by atoms with van der Waals surface area (Å²) in [6, 6.07) is 0.897. The monoisotopic (exact) mass is 244 g/mol. The van der Waals surface area contributed by atoms with Crippen LogP contribution in [0.15, 0.2) is 0 Å². The predicted octanol–water partition coefficient (Wildman–Crippen LogP) is 0.536. The van der Waals surface area contributed by atoms with Gasteiger partial charge >= 0.3 is 0 Å². The van der Waals surface area contributed by atoms with Gasteiger partial charge in [0, 0.05) is 12.1 Å². The van der Waals surface area contributed by atoms with Crippen LogP contribution in [0.5, 0.6) is 0 Å². The van der Waals surface area contributed by atoms with E-state index in [1.807, 2.05) is 0 Å². The van der Waals surface area contributed by atoms with Gasteiger partial charge in [-0.1, -0.05) is 6.42 Å². The molecule has 0 aliphatic carbocycles. The molecule has 4 nitrogen and oxygen atoms in total. The van der Waals surface area contributed by atoms with Crippen molar-refractivity contribution in [2.24, 2.45) is 0 Å². The second-order valence-electron chi connectivity index (χ2n) is 5.27. The van der Waals surface area contributed by atoms with Crippen molar-refractivity contribution < 1.29 is 10.2 Å². The van der Waals surface area contributed by atoms with Gasteiger partial charge in [0.25, 0.3) is 0 Å². The third kappa shape index (κ3) is 4.92. The van der Waals surface area contributed by atoms with Crippen LogP contribution in [-0.2, 0) is 0 Å². The van der Waals surface area contributed by atoms with Gasteiger partial charge < -0.3 is 20.0 Å². The molecule has 0 aromatic carbocycles. The summed E-state index contributed by atoms with van der Waals surface area (Å²) in [7, 11) is 4.15. The maximum Gasteiger partial charge on any atom is 0.0586 e. The number of piperidine rings is 1. The summed E-state index contributed by atoms with van der Waals surface area (Å²) in [5.41, 5.74) is 0. The molecule has 2 aliphatic rings. The Bertz CT molecular complexity index is 202. The van der Waals surface area contributed by atoms with Crippen molar-refractivity contribution in [1.82, 2.24) is 9.80 Å². The van der Waals surface area contributed by atoms with Gasteiger partial charge in [-0.2, -0.15) is 0 Å². The number of aliphatic hydroxyl groups excluding tert-OH is 2. The number of likely N-dealkylation sites (tertiary alicyclic amines) is 2. The van der Waals surface area contributed by atoms with Gasteiger partial charge in [0.2, 0.25) is 0 Å². The quantitative estimate of drug-likeness (QED) is 0.744. The van der Waals surface area contributed by atoms with E-state index in [1.54, 1.807) is 0 Å². The Morgan fingerprint density at radius 3 is 1.59 bits per heavy atom. The smallest absolute Gasteiger partial charge is 0.0586 e. The van der Waals surface area contributed by atoms with Gasteiger partial charge in [0.1, 0.15) is 0 Å². The molecular weight excluding hydrogens is 216 g/mol. The van der Waals surface area contributed by atoms with Gasteiger partial charge in [0.05, 0.1) is 13.2 Å². The largest absolute Gasteiger partial charge is 0.395 e. The molecule has 2 aliphatic heterocycles. The lowest BCUT2D eigenvalue weighted by Crippen LogP contribution is -2.38. The van der Waals surface area contributed by atoms with E-state index in [0.29, 0.717) is 25.3 Å². The molecule has 2 rings (SSSR count). The Morgan fingerprint density at radius 2 is 1.29 bits per heavy atom. The first-order valence-corrected chi connectivity index (χ1v) is 6.81. The lowest BCUT2D eigenvalue weighted by molar-refractivity contribution is 0.114. The zero-order valence-electron chi connectivity index (χ0n) is 11.3. The first kappa shape index (κ1) is 14.9. The summed E-state index contributed by atoms with van der Waals surface area (Å²) >= 11 is 0. The first-order valence-electron chi connectivity index (χ1n) is 6.81. The van der Waals surface area contributed by atoms with E-state index in [2.05, 4.69) is 23.9 Å². The normalized spacial score (nSPS) is 31.1. The number of hydrogen-bond donors (Lipinski definition) is 2. The molecule has 0 amide bonds. The maximum atomic E-state index is 8.82. The number of hydrogen-bond acceptors (Lipinski definition) is 4. The number of nitrogens with zero attached hydrogens (tertiary/aromatic N) is 2. The van der Waals surface area contributed by atoms with Crippen LogP contribution in [0.1, 0.15) is 32.1 Å². The molecule has 0 aromatic heterocycles. The highest BCUT2D eigenvalue weighted by Gasteiger charge is 2.18. The fourth-order valence-corrected chi connectivity index (χ4v) is 2.58. The summed E-state index contributed by atoms with van der Waals surface area (Å²) in [5, 5.41) is 17.5. The van der Waals surface area contributed by atoms with Crippen molar-refractivity contribution >= 4 is 0 Å². The lowest BCUT2D eigenvalue weighted by Gasteiger charge is -2.30. The van der Waals surface area contributed by atoms with Crippen molar-refractivity contribution in [2.45, 2.75) is 44.2 Å². The fourth-order valence-electron chi connectivity index (χ4n) is 2.58. The molecule has 2 N–H and O–H groups in total. The average molecular weight is 244 g/mol. The Kier molecular flexibility index (Phi) is 7.04. The zero-order chi connectivity index (χ0) is 12.7. The third-order valence-electron chi connectivity index (χ3n) is 4.01. The molecule has 0 aromatic rings. The summed E-state index contributed by atoms with van der Waals surface area (Å²) in [6.45, 7) is 2.98. The minimum atomic E-state index is 0.330. The van der Waals surface area contributed by atoms with Crippen LogP contribution < -0.4 is 0 Å².